The van der Waals surface area contributed by atoms with Crippen molar-refractivity contribution >= 4 is 11.8 Å². The lowest BCUT2D eigenvalue weighted by Crippen LogP contribution is -2.50. The van der Waals surface area contributed by atoms with Crippen molar-refractivity contribution in [2.75, 3.05) is 18.1 Å². The summed E-state index contributed by atoms with van der Waals surface area (Å²) in [6, 6.07) is 0. The molecule has 0 bridgehead atoms. The fourth-order valence-electron chi connectivity index (χ4n) is 4.56. The van der Waals surface area contributed by atoms with Gasteiger partial charge in [-0.05, 0) is 68.5 Å². The maximum absolute atomic E-state index is 11.2. The van der Waals surface area contributed by atoms with Crippen LogP contribution in [0.25, 0.3) is 0 Å². The lowest BCUT2D eigenvalue weighted by Gasteiger charge is -2.48. The molecule has 0 aromatic carbocycles. The molecule has 2 atom stereocenters. The molecule has 2 nitrogen and oxygen atoms in total. The smallest absolute Gasteiger partial charge is 0.0784 e. The van der Waals surface area contributed by atoms with Crippen molar-refractivity contribution < 1.29 is 9.84 Å². The first-order valence-electron chi connectivity index (χ1n) is 8.47. The van der Waals surface area contributed by atoms with E-state index in [1.807, 2.05) is 11.8 Å². The van der Waals surface area contributed by atoms with Crippen molar-refractivity contribution in [3.8, 4) is 0 Å². The lowest BCUT2D eigenvalue weighted by atomic mass is 9.66. The van der Waals surface area contributed by atoms with E-state index in [0.29, 0.717) is 5.92 Å². The minimum atomic E-state index is -0.393. The molecule has 2 unspecified atom stereocenters. The summed E-state index contributed by atoms with van der Waals surface area (Å²) in [5, 5.41) is 11.2. The van der Waals surface area contributed by atoms with Crippen LogP contribution in [0.5, 0.6) is 0 Å². The van der Waals surface area contributed by atoms with E-state index in [1.54, 1.807) is 0 Å². The second kappa shape index (κ2) is 5.81. The second-order valence-corrected chi connectivity index (χ2v) is 8.81. The molecule has 1 spiro atoms. The van der Waals surface area contributed by atoms with E-state index in [-0.39, 0.29) is 5.60 Å². The predicted molar refractivity (Wildman–Crippen MR) is 85.1 cm³/mol. The Hall–Kier alpha value is 0.270. The molecule has 3 heteroatoms. The molecule has 2 heterocycles. The number of hydrogen-bond donors (Lipinski definition) is 1. The van der Waals surface area contributed by atoms with E-state index in [0.717, 1.165) is 49.9 Å². The fraction of sp³-hybridized carbons (Fsp3) is 1.00. The quantitative estimate of drug-likeness (QED) is 0.839. The molecule has 0 aromatic rings. The Kier molecular flexibility index (Phi) is 4.41. The number of aliphatic hydroxyl groups is 1. The highest BCUT2D eigenvalue weighted by Crippen LogP contribution is 2.48. The molecule has 1 N–H and O–H groups in total. The molecule has 3 rings (SSSR count). The van der Waals surface area contributed by atoms with E-state index in [1.165, 1.54) is 25.0 Å². The zero-order chi connectivity index (χ0) is 14.2. The van der Waals surface area contributed by atoms with Gasteiger partial charge < -0.3 is 9.84 Å². The van der Waals surface area contributed by atoms with Crippen molar-refractivity contribution in [3.63, 3.8) is 0 Å². The third kappa shape index (κ3) is 2.91. The molecule has 0 radical (unpaired) electrons. The summed E-state index contributed by atoms with van der Waals surface area (Å²) >= 11 is 2.02. The van der Waals surface area contributed by atoms with Gasteiger partial charge in [-0.3, -0.25) is 0 Å². The maximum Gasteiger partial charge on any atom is 0.0784 e. The van der Waals surface area contributed by atoms with E-state index in [4.69, 9.17) is 4.74 Å². The second-order valence-electron chi connectivity index (χ2n) is 7.71. The van der Waals surface area contributed by atoms with E-state index >= 15 is 0 Å². The standard InChI is InChI=1S/C17H30O2S/c1-13(2)14-3-6-17(18,7-4-14)15-5-9-19-16(11-15)8-10-20-12-16/h13-15,18H,3-12H2,1-2H3. The first-order valence-corrected chi connectivity index (χ1v) is 9.63. The van der Waals surface area contributed by atoms with Gasteiger partial charge in [0.05, 0.1) is 11.2 Å². The minimum Gasteiger partial charge on any atom is -0.390 e. The van der Waals surface area contributed by atoms with Crippen molar-refractivity contribution in [1.82, 2.24) is 0 Å². The molecule has 3 fully saturated rings. The summed E-state index contributed by atoms with van der Waals surface area (Å²) in [5.74, 6) is 4.45. The van der Waals surface area contributed by atoms with E-state index in [2.05, 4.69) is 13.8 Å². The zero-order valence-electron chi connectivity index (χ0n) is 13.1. The van der Waals surface area contributed by atoms with Crippen LogP contribution < -0.4 is 0 Å². The average molecular weight is 298 g/mol. The highest BCUT2D eigenvalue weighted by atomic mass is 32.2. The van der Waals surface area contributed by atoms with Crippen molar-refractivity contribution in [1.29, 1.82) is 0 Å². The Morgan fingerprint density at radius 1 is 1.15 bits per heavy atom. The van der Waals surface area contributed by atoms with Gasteiger partial charge >= 0.3 is 0 Å². The maximum atomic E-state index is 11.2. The fourth-order valence-corrected chi connectivity index (χ4v) is 5.94. The predicted octanol–water partition coefficient (Wildman–Crippen LogP) is 3.87. The molecular weight excluding hydrogens is 268 g/mol. The molecule has 116 valence electrons. The highest BCUT2D eigenvalue weighted by Gasteiger charge is 2.48. The molecule has 2 saturated heterocycles. The highest BCUT2D eigenvalue weighted by molar-refractivity contribution is 7.99. The molecule has 0 amide bonds. The molecule has 20 heavy (non-hydrogen) atoms. The number of rotatable bonds is 2. The zero-order valence-corrected chi connectivity index (χ0v) is 13.9. The Morgan fingerprint density at radius 2 is 1.90 bits per heavy atom. The van der Waals surface area contributed by atoms with Crippen LogP contribution in [0.2, 0.25) is 0 Å². The Morgan fingerprint density at radius 3 is 2.50 bits per heavy atom. The Bertz CT molecular complexity index is 328. The lowest BCUT2D eigenvalue weighted by molar-refractivity contribution is -0.146. The topological polar surface area (TPSA) is 29.5 Å². The monoisotopic (exact) mass is 298 g/mol. The summed E-state index contributed by atoms with van der Waals surface area (Å²) in [6.45, 7) is 5.52. The summed E-state index contributed by atoms with van der Waals surface area (Å²) in [4.78, 5) is 0. The first kappa shape index (κ1) is 15.2. The van der Waals surface area contributed by atoms with Crippen LogP contribution in [-0.4, -0.2) is 34.4 Å². The molecule has 3 aliphatic rings. The van der Waals surface area contributed by atoms with Gasteiger partial charge in [0.2, 0.25) is 0 Å². The van der Waals surface area contributed by atoms with Crippen LogP contribution >= 0.6 is 11.8 Å². The van der Waals surface area contributed by atoms with Crippen LogP contribution in [0.1, 0.15) is 58.8 Å². The van der Waals surface area contributed by atoms with Crippen LogP contribution in [0.3, 0.4) is 0 Å². The van der Waals surface area contributed by atoms with Gasteiger partial charge in [0.15, 0.2) is 0 Å². The van der Waals surface area contributed by atoms with Crippen LogP contribution in [0, 0.1) is 17.8 Å². The average Bonchev–Trinajstić information content (AvgIpc) is 2.87. The molecule has 2 aliphatic heterocycles. The van der Waals surface area contributed by atoms with Gasteiger partial charge in [0, 0.05) is 12.4 Å². The van der Waals surface area contributed by atoms with Gasteiger partial charge in [-0.15, -0.1) is 0 Å². The first-order chi connectivity index (χ1) is 9.53. The van der Waals surface area contributed by atoms with Gasteiger partial charge in [-0.2, -0.15) is 11.8 Å². The largest absolute Gasteiger partial charge is 0.390 e. The SMILES string of the molecule is CC(C)C1CCC(O)(C2CCOC3(CCSC3)C2)CC1. The third-order valence-electron chi connectivity index (χ3n) is 6.16. The van der Waals surface area contributed by atoms with Crippen LogP contribution in [0.4, 0.5) is 0 Å². The molecule has 0 aromatic heterocycles. The number of hydrogen-bond acceptors (Lipinski definition) is 3. The molecule has 1 saturated carbocycles. The number of ether oxygens (including phenoxy) is 1. The summed E-state index contributed by atoms with van der Waals surface area (Å²) < 4.78 is 6.12. The third-order valence-corrected chi connectivity index (χ3v) is 7.38. The van der Waals surface area contributed by atoms with Gasteiger partial charge in [-0.1, -0.05) is 13.8 Å². The summed E-state index contributed by atoms with van der Waals surface area (Å²) in [6.07, 6.45) is 7.82. The van der Waals surface area contributed by atoms with E-state index in [9.17, 15) is 5.11 Å². The van der Waals surface area contributed by atoms with Gasteiger partial charge in [-0.25, -0.2) is 0 Å². The van der Waals surface area contributed by atoms with E-state index < -0.39 is 5.60 Å². The van der Waals surface area contributed by atoms with Crippen molar-refractivity contribution in [2.45, 2.75) is 70.0 Å². The molecule has 1 aliphatic carbocycles. The Labute approximate surface area is 128 Å². The van der Waals surface area contributed by atoms with Gasteiger partial charge in [0.1, 0.15) is 0 Å². The minimum absolute atomic E-state index is 0.109. The number of thioether (sulfide) groups is 1. The van der Waals surface area contributed by atoms with Crippen molar-refractivity contribution in [3.05, 3.63) is 0 Å². The van der Waals surface area contributed by atoms with Crippen molar-refractivity contribution in [2.24, 2.45) is 17.8 Å². The molecular formula is C17H30O2S. The summed E-state index contributed by atoms with van der Waals surface area (Å²) in [7, 11) is 0. The summed E-state index contributed by atoms with van der Waals surface area (Å²) in [5.41, 5.74) is -0.284. The Balaban J connectivity index is 1.63. The normalized spacial score (nSPS) is 46.2. The van der Waals surface area contributed by atoms with Crippen LogP contribution in [0.15, 0.2) is 0 Å². The van der Waals surface area contributed by atoms with Crippen LogP contribution in [-0.2, 0) is 4.74 Å². The van der Waals surface area contributed by atoms with Gasteiger partial charge in [0.25, 0.3) is 0 Å².